The fraction of sp³-hybridized carbons (Fsp3) is 0.556. The minimum atomic E-state index is -5.32. The van der Waals surface area contributed by atoms with E-state index in [0.29, 0.717) is 0 Å². The fourth-order valence-corrected chi connectivity index (χ4v) is 4.49. The van der Waals surface area contributed by atoms with E-state index in [1.54, 1.807) is 22.6 Å². The van der Waals surface area contributed by atoms with Crippen LogP contribution in [0, 0.1) is 3.70 Å². The van der Waals surface area contributed by atoms with Gasteiger partial charge in [-0.05, 0) is 22.6 Å². The van der Waals surface area contributed by atoms with Crippen LogP contribution in [-0.4, -0.2) is 59.4 Å². The molecule has 0 saturated carbocycles. The Morgan fingerprint density at radius 2 is 1.85 bits per heavy atom. The van der Waals surface area contributed by atoms with Crippen molar-refractivity contribution in [2.45, 2.75) is 24.5 Å². The van der Waals surface area contributed by atoms with E-state index in [1.165, 1.54) is 0 Å². The van der Waals surface area contributed by atoms with E-state index in [1.807, 2.05) is 4.98 Å². The lowest BCUT2D eigenvalue weighted by Gasteiger charge is -2.19. The number of phosphoric acid groups is 2. The second-order valence-corrected chi connectivity index (χ2v) is 8.95. The Bertz CT molecular complexity index is 878. The van der Waals surface area contributed by atoms with Gasteiger partial charge in [-0.25, -0.2) is 13.9 Å². The zero-order valence-corrected chi connectivity index (χ0v) is 16.4. The van der Waals surface area contributed by atoms with Gasteiger partial charge in [0.05, 0.1) is 10.3 Å². The predicted molar refractivity (Wildman–Crippen MR) is 88.9 cm³/mol. The molecule has 2 heterocycles. The number of ether oxygens (including phenoxy) is 1. The normalized spacial score (nSPS) is 28.8. The zero-order chi connectivity index (χ0) is 19.9. The summed E-state index contributed by atoms with van der Waals surface area (Å²) in [7, 11) is -10.5. The third-order valence-corrected chi connectivity index (χ3v) is 6.12. The van der Waals surface area contributed by atoms with Crippen molar-refractivity contribution >= 4 is 38.2 Å². The van der Waals surface area contributed by atoms with Crippen LogP contribution >= 0.6 is 38.2 Å². The van der Waals surface area contributed by atoms with Crippen LogP contribution in [0.2, 0.25) is 0 Å². The molecule has 1 aliphatic rings. The lowest BCUT2D eigenvalue weighted by Crippen LogP contribution is -2.39. The number of aliphatic hydroxyl groups excluding tert-OH is 2. The number of halogens is 1. The highest BCUT2D eigenvalue weighted by Gasteiger charge is 2.46. The Kier molecular flexibility index (Phi) is 6.63. The maximum atomic E-state index is 11.9. The van der Waals surface area contributed by atoms with Gasteiger partial charge in [-0.3, -0.25) is 18.9 Å². The number of aromatic nitrogens is 2. The van der Waals surface area contributed by atoms with Crippen molar-refractivity contribution in [1.82, 2.24) is 9.55 Å². The monoisotopic (exact) mass is 530 g/mol. The van der Waals surface area contributed by atoms with Crippen molar-refractivity contribution < 1.29 is 47.6 Å². The third-order valence-electron chi connectivity index (χ3n) is 3.13. The van der Waals surface area contributed by atoms with E-state index < -0.39 is 58.0 Å². The van der Waals surface area contributed by atoms with Gasteiger partial charge in [0.2, 0.25) is 0 Å². The molecule has 1 aliphatic heterocycles. The van der Waals surface area contributed by atoms with Crippen LogP contribution in [0.1, 0.15) is 6.23 Å². The predicted octanol–water partition coefficient (Wildman–Crippen LogP) is -2.01. The Morgan fingerprint density at radius 1 is 1.23 bits per heavy atom. The first-order valence-corrected chi connectivity index (χ1v) is 10.7. The molecule has 0 spiro atoms. The van der Waals surface area contributed by atoms with Gasteiger partial charge >= 0.3 is 21.3 Å². The third kappa shape index (κ3) is 5.30. The largest absolute Gasteiger partial charge is 0.481 e. The number of aliphatic hydroxyl groups is 2. The Morgan fingerprint density at radius 3 is 2.38 bits per heavy atom. The summed E-state index contributed by atoms with van der Waals surface area (Å²) >= 11 is 1.62. The number of rotatable bonds is 6. The highest BCUT2D eigenvalue weighted by molar-refractivity contribution is 14.1. The molecule has 148 valence electrons. The number of H-pyrrole nitrogens is 1. The Balaban J connectivity index is 2.16. The second kappa shape index (κ2) is 7.89. The Hall–Kier alpha value is -0.450. The summed E-state index contributed by atoms with van der Waals surface area (Å²) in [5.74, 6) is 0. The van der Waals surface area contributed by atoms with Gasteiger partial charge in [0.1, 0.15) is 18.3 Å². The molecule has 17 heteroatoms. The van der Waals surface area contributed by atoms with Crippen molar-refractivity contribution in [1.29, 1.82) is 0 Å². The number of hydrogen-bond acceptors (Lipinski definition) is 9. The molecule has 0 bridgehead atoms. The van der Waals surface area contributed by atoms with Crippen molar-refractivity contribution in [2.75, 3.05) is 6.61 Å². The highest BCUT2D eigenvalue weighted by Crippen LogP contribution is 2.57. The van der Waals surface area contributed by atoms with E-state index in [4.69, 9.17) is 14.5 Å². The highest BCUT2D eigenvalue weighted by atomic mass is 127. The molecule has 0 aliphatic carbocycles. The maximum absolute atomic E-state index is 11.9. The first-order valence-electron chi connectivity index (χ1n) is 6.58. The van der Waals surface area contributed by atoms with Crippen molar-refractivity contribution in [3.05, 3.63) is 30.6 Å². The average molecular weight is 530 g/mol. The average Bonchev–Trinajstić information content (AvgIpc) is 2.70. The molecule has 14 nitrogen and oxygen atoms in total. The van der Waals surface area contributed by atoms with E-state index in [9.17, 15) is 33.8 Å². The maximum Gasteiger partial charge on any atom is 0.481 e. The lowest BCUT2D eigenvalue weighted by molar-refractivity contribution is -0.0554. The van der Waals surface area contributed by atoms with Crippen LogP contribution in [-0.2, 0) is 22.7 Å². The Labute approximate surface area is 157 Å². The van der Waals surface area contributed by atoms with Crippen LogP contribution < -0.4 is 11.2 Å². The van der Waals surface area contributed by atoms with Gasteiger partial charge in [-0.1, -0.05) is 0 Å². The number of hydrogen-bond donors (Lipinski definition) is 6. The summed E-state index contributed by atoms with van der Waals surface area (Å²) in [6, 6.07) is 1.03. The minimum absolute atomic E-state index is 0.0758. The smallest absolute Gasteiger partial charge is 0.387 e. The molecule has 0 aromatic carbocycles. The van der Waals surface area contributed by atoms with Gasteiger partial charge < -0.3 is 29.6 Å². The van der Waals surface area contributed by atoms with E-state index in [0.717, 1.165) is 10.6 Å². The lowest BCUT2D eigenvalue weighted by atomic mass is 10.1. The standard InChI is InChI=1S/C9H13IN2O12P2/c10-4-1-5(13)11-9(16)12(4)8-7(15)6(14)3(23-8)2-22-26(20,21)24-25(17,18)19/h1,3,6-8,14-15H,2H2,(H,20,21)(H,11,13,16)(H2,17,18,19)/t3-,6-,7-,8-/m1/s1. The zero-order valence-electron chi connectivity index (χ0n) is 12.4. The summed E-state index contributed by atoms with van der Waals surface area (Å²) in [5.41, 5.74) is -1.63. The molecule has 1 aromatic heterocycles. The molecule has 6 N–H and O–H groups in total. The van der Waals surface area contributed by atoms with Gasteiger partial charge in [0.25, 0.3) is 5.56 Å². The van der Waals surface area contributed by atoms with Gasteiger partial charge in [-0.2, -0.15) is 4.31 Å². The number of nitrogens with one attached hydrogen (secondary N) is 1. The first kappa shape index (κ1) is 21.8. The molecule has 2 rings (SSSR count). The molecular weight excluding hydrogens is 517 g/mol. The molecule has 0 amide bonds. The van der Waals surface area contributed by atoms with Crippen LogP contribution in [0.15, 0.2) is 15.7 Å². The summed E-state index contributed by atoms with van der Waals surface area (Å²) in [6.07, 6.45) is -6.28. The molecule has 1 unspecified atom stereocenters. The molecule has 1 aromatic rings. The van der Waals surface area contributed by atoms with Crippen LogP contribution in [0.4, 0.5) is 0 Å². The van der Waals surface area contributed by atoms with Crippen molar-refractivity contribution in [2.24, 2.45) is 0 Å². The van der Waals surface area contributed by atoms with Crippen molar-refractivity contribution in [3.63, 3.8) is 0 Å². The second-order valence-electron chi connectivity index (χ2n) is 5.01. The van der Waals surface area contributed by atoms with Crippen LogP contribution in [0.5, 0.6) is 0 Å². The first-order chi connectivity index (χ1) is 11.8. The molecule has 5 atom stereocenters. The van der Waals surface area contributed by atoms with Gasteiger partial charge in [0, 0.05) is 6.07 Å². The summed E-state index contributed by atoms with van der Waals surface area (Å²) < 4.78 is 36.0. The minimum Gasteiger partial charge on any atom is -0.387 e. The molecule has 26 heavy (non-hydrogen) atoms. The fourth-order valence-electron chi connectivity index (χ4n) is 2.12. The quantitative estimate of drug-likeness (QED) is 0.134. The topological polar surface area (TPSA) is 218 Å². The van der Waals surface area contributed by atoms with E-state index >= 15 is 0 Å². The molecule has 1 fully saturated rings. The van der Waals surface area contributed by atoms with Crippen LogP contribution in [0.25, 0.3) is 0 Å². The SMILES string of the molecule is O=c1cc(I)n([C@@H]2O[C@H](COP(=O)(O)OP(=O)(O)O)[C@@H](O)[C@H]2O)c(=O)[nH]1. The summed E-state index contributed by atoms with van der Waals surface area (Å²) in [6.45, 7) is -0.906. The van der Waals surface area contributed by atoms with Crippen LogP contribution in [0.3, 0.4) is 0 Å². The van der Waals surface area contributed by atoms with E-state index in [2.05, 4.69) is 8.83 Å². The summed E-state index contributed by atoms with van der Waals surface area (Å²) in [4.78, 5) is 51.3. The summed E-state index contributed by atoms with van der Waals surface area (Å²) in [5, 5.41) is 20.0. The molecule has 0 radical (unpaired) electrons. The number of nitrogens with zero attached hydrogens (tertiary/aromatic N) is 1. The number of phosphoric ester groups is 1. The van der Waals surface area contributed by atoms with Gasteiger partial charge in [-0.15, -0.1) is 0 Å². The van der Waals surface area contributed by atoms with Crippen molar-refractivity contribution in [3.8, 4) is 0 Å². The van der Waals surface area contributed by atoms with E-state index in [-0.39, 0.29) is 3.70 Å². The number of aromatic amines is 1. The molecule has 1 saturated heterocycles. The van der Waals surface area contributed by atoms with Gasteiger partial charge in [0.15, 0.2) is 6.23 Å². The molecular formula is C9H13IN2O12P2.